The van der Waals surface area contributed by atoms with Crippen LogP contribution in [0.15, 0.2) is 53.3 Å². The van der Waals surface area contributed by atoms with E-state index in [1.54, 1.807) is 17.4 Å². The van der Waals surface area contributed by atoms with Crippen molar-refractivity contribution in [3.05, 3.63) is 75.1 Å². The van der Waals surface area contributed by atoms with Gasteiger partial charge in [0.25, 0.3) is 5.56 Å². The molecule has 1 fully saturated rings. The van der Waals surface area contributed by atoms with Crippen LogP contribution in [0.5, 0.6) is 0 Å². The van der Waals surface area contributed by atoms with Crippen LogP contribution in [-0.4, -0.2) is 27.9 Å². The van der Waals surface area contributed by atoms with E-state index < -0.39 is 0 Å². The molecule has 0 N–H and O–H groups in total. The van der Waals surface area contributed by atoms with Crippen LogP contribution in [0.4, 0.5) is 5.13 Å². The molecule has 3 aromatic rings. The third-order valence-corrected chi connectivity index (χ3v) is 7.40. The number of nitrogens with zero attached hydrogens (tertiary/aromatic N) is 4. The summed E-state index contributed by atoms with van der Waals surface area (Å²) in [6, 6.07) is 16.5. The van der Waals surface area contributed by atoms with E-state index >= 15 is 0 Å². The molecule has 156 valence electrons. The van der Waals surface area contributed by atoms with Gasteiger partial charge in [0.2, 0.25) is 5.13 Å². The highest BCUT2D eigenvalue weighted by Crippen LogP contribution is 2.43. The van der Waals surface area contributed by atoms with Crippen molar-refractivity contribution >= 4 is 16.5 Å². The van der Waals surface area contributed by atoms with Gasteiger partial charge < -0.3 is 9.47 Å². The second-order valence-electron chi connectivity index (χ2n) is 9.09. The van der Waals surface area contributed by atoms with E-state index in [0.717, 1.165) is 42.5 Å². The van der Waals surface area contributed by atoms with Crippen LogP contribution in [-0.2, 0) is 12.8 Å². The highest BCUT2D eigenvalue weighted by Gasteiger charge is 2.41. The van der Waals surface area contributed by atoms with Crippen molar-refractivity contribution in [2.45, 2.75) is 45.1 Å². The van der Waals surface area contributed by atoms with Crippen LogP contribution in [0.2, 0.25) is 0 Å². The minimum Gasteiger partial charge on any atom is -0.346 e. The number of benzene rings is 1. The summed E-state index contributed by atoms with van der Waals surface area (Å²) in [5.74, 6) is 1.37. The number of rotatable bonds is 5. The number of fused-ring (bicyclic) bond motifs is 4. The van der Waals surface area contributed by atoms with Crippen LogP contribution >= 0.6 is 11.3 Å². The van der Waals surface area contributed by atoms with Crippen molar-refractivity contribution in [2.75, 3.05) is 18.0 Å². The first-order chi connectivity index (χ1) is 14.6. The summed E-state index contributed by atoms with van der Waals surface area (Å²) in [5, 5.41) is 11.1. The Balaban J connectivity index is 1.48. The van der Waals surface area contributed by atoms with Crippen molar-refractivity contribution in [1.29, 1.82) is 0 Å². The topological polar surface area (TPSA) is 51.0 Å². The molecule has 0 saturated carbocycles. The zero-order chi connectivity index (χ0) is 20.7. The Hall–Kier alpha value is -2.47. The fraction of sp³-hybridized carbons (Fsp3) is 0.458. The zero-order valence-corrected chi connectivity index (χ0v) is 18.4. The molecule has 4 heterocycles. The Labute approximate surface area is 181 Å². The lowest BCUT2D eigenvalue weighted by Gasteiger charge is -2.47. The van der Waals surface area contributed by atoms with E-state index in [-0.39, 0.29) is 11.6 Å². The molecule has 3 atom stereocenters. The molecule has 2 aromatic heterocycles. The maximum atomic E-state index is 12.9. The molecule has 2 aliphatic rings. The molecule has 1 saturated heterocycles. The second kappa shape index (κ2) is 7.99. The molecular formula is C24H28N4OS. The van der Waals surface area contributed by atoms with Crippen LogP contribution < -0.4 is 10.5 Å². The number of hydrogen-bond acceptors (Lipinski definition) is 5. The number of aromatic nitrogens is 3. The summed E-state index contributed by atoms with van der Waals surface area (Å²) in [4.78, 5) is 15.3. The van der Waals surface area contributed by atoms with Gasteiger partial charge in [0.15, 0.2) is 0 Å². The monoisotopic (exact) mass is 420 g/mol. The summed E-state index contributed by atoms with van der Waals surface area (Å²) in [7, 11) is 0. The summed E-state index contributed by atoms with van der Waals surface area (Å²) in [5.41, 5.74) is 2.60. The van der Waals surface area contributed by atoms with Crippen LogP contribution in [0.1, 0.15) is 48.5 Å². The molecule has 0 aliphatic carbocycles. The van der Waals surface area contributed by atoms with Crippen molar-refractivity contribution in [3.8, 4) is 0 Å². The number of pyridine rings is 1. The smallest absolute Gasteiger partial charge is 0.251 e. The number of piperidine rings is 1. The summed E-state index contributed by atoms with van der Waals surface area (Å²) in [6.07, 6.45) is 3.00. The molecule has 1 aromatic carbocycles. The maximum Gasteiger partial charge on any atom is 0.251 e. The lowest BCUT2D eigenvalue weighted by atomic mass is 9.77. The van der Waals surface area contributed by atoms with Gasteiger partial charge in [-0.15, -0.1) is 10.2 Å². The average molecular weight is 421 g/mol. The Morgan fingerprint density at radius 2 is 1.90 bits per heavy atom. The molecule has 5 rings (SSSR count). The minimum atomic E-state index is 0.131. The van der Waals surface area contributed by atoms with E-state index in [0.29, 0.717) is 17.8 Å². The van der Waals surface area contributed by atoms with E-state index in [2.05, 4.69) is 63.8 Å². The Morgan fingerprint density at radius 1 is 1.07 bits per heavy atom. The minimum absolute atomic E-state index is 0.131. The SMILES string of the molecule is CC(C)Cc1nnc(N2C[C@H]3C[C@@H](C2)[C@H](Cc2ccccc2)n2c3cccc2=O)s1. The largest absolute Gasteiger partial charge is 0.346 e. The molecule has 5 nitrogen and oxygen atoms in total. The quantitative estimate of drug-likeness (QED) is 0.617. The Morgan fingerprint density at radius 3 is 2.70 bits per heavy atom. The molecule has 0 radical (unpaired) electrons. The van der Waals surface area contributed by atoms with E-state index in [4.69, 9.17) is 0 Å². The summed E-state index contributed by atoms with van der Waals surface area (Å²) < 4.78 is 2.09. The Bertz CT molecular complexity index is 1070. The van der Waals surface area contributed by atoms with Gasteiger partial charge in [-0.1, -0.05) is 61.6 Å². The van der Waals surface area contributed by atoms with Gasteiger partial charge in [-0.2, -0.15) is 0 Å². The third-order valence-electron chi connectivity index (χ3n) is 6.40. The molecular weight excluding hydrogens is 392 g/mol. The highest BCUT2D eigenvalue weighted by molar-refractivity contribution is 7.15. The van der Waals surface area contributed by atoms with Crippen LogP contribution in [0, 0.1) is 11.8 Å². The third kappa shape index (κ3) is 3.69. The number of anilines is 1. The van der Waals surface area contributed by atoms with E-state index in [1.807, 2.05) is 12.1 Å². The van der Waals surface area contributed by atoms with Gasteiger partial charge in [-0.05, 0) is 36.3 Å². The lowest BCUT2D eigenvalue weighted by Crippen LogP contribution is -2.50. The molecule has 2 aliphatic heterocycles. The van der Waals surface area contributed by atoms with Crippen LogP contribution in [0.3, 0.4) is 0 Å². The van der Waals surface area contributed by atoms with Gasteiger partial charge in [-0.3, -0.25) is 4.79 Å². The van der Waals surface area contributed by atoms with Gasteiger partial charge in [-0.25, -0.2) is 0 Å². The van der Waals surface area contributed by atoms with E-state index in [9.17, 15) is 4.79 Å². The first-order valence-electron chi connectivity index (χ1n) is 10.9. The molecule has 6 heteroatoms. The summed E-state index contributed by atoms with van der Waals surface area (Å²) in [6.45, 7) is 6.28. The maximum absolute atomic E-state index is 12.9. The zero-order valence-electron chi connectivity index (χ0n) is 17.6. The standard InChI is InChI=1S/C24H28N4OS/c1-16(2)11-22-25-26-24(30-22)27-14-18-13-19(15-27)21(12-17-7-4-3-5-8-17)28-20(18)9-6-10-23(28)29/h3-10,16,18-19,21H,11-15H2,1-2H3/t18-,19+,21+/m1/s1. The predicted octanol–water partition coefficient (Wildman–Crippen LogP) is 4.31. The molecule has 30 heavy (non-hydrogen) atoms. The summed E-state index contributed by atoms with van der Waals surface area (Å²) >= 11 is 1.73. The molecule has 0 unspecified atom stereocenters. The highest BCUT2D eigenvalue weighted by atomic mass is 32.1. The van der Waals surface area contributed by atoms with Crippen molar-refractivity contribution < 1.29 is 0 Å². The Kier molecular flexibility index (Phi) is 5.19. The van der Waals surface area contributed by atoms with Gasteiger partial charge in [0.05, 0.1) is 0 Å². The fourth-order valence-electron chi connectivity index (χ4n) is 5.12. The van der Waals surface area contributed by atoms with Crippen LogP contribution in [0.25, 0.3) is 0 Å². The van der Waals surface area contributed by atoms with Crippen molar-refractivity contribution in [3.63, 3.8) is 0 Å². The molecule has 2 bridgehead atoms. The van der Waals surface area contributed by atoms with E-state index in [1.165, 1.54) is 11.3 Å². The first kappa shape index (κ1) is 19.5. The lowest BCUT2D eigenvalue weighted by molar-refractivity contribution is 0.211. The second-order valence-corrected chi connectivity index (χ2v) is 10.1. The van der Waals surface area contributed by atoms with Gasteiger partial charge in [0, 0.05) is 43.2 Å². The normalized spacial score (nSPS) is 22.9. The fourth-order valence-corrected chi connectivity index (χ4v) is 6.19. The average Bonchev–Trinajstić information content (AvgIpc) is 3.20. The number of hydrogen-bond donors (Lipinski definition) is 0. The molecule has 0 amide bonds. The predicted molar refractivity (Wildman–Crippen MR) is 121 cm³/mol. The van der Waals surface area contributed by atoms with Gasteiger partial charge >= 0.3 is 0 Å². The van der Waals surface area contributed by atoms with Crippen molar-refractivity contribution in [2.24, 2.45) is 11.8 Å². The van der Waals surface area contributed by atoms with Gasteiger partial charge in [0.1, 0.15) is 5.01 Å². The van der Waals surface area contributed by atoms with Crippen molar-refractivity contribution in [1.82, 2.24) is 14.8 Å². The molecule has 0 spiro atoms. The first-order valence-corrected chi connectivity index (χ1v) is 11.7.